The Bertz CT molecular complexity index is 812. The highest BCUT2D eigenvalue weighted by Gasteiger charge is 2.24. The number of unbranched alkanes of at least 4 members (excludes halogenated alkanes) is 2. The van der Waals surface area contributed by atoms with Crippen LogP contribution in [-0.4, -0.2) is 40.0 Å². The molecule has 148 valence electrons. The Morgan fingerprint density at radius 1 is 1.18 bits per heavy atom. The Morgan fingerprint density at radius 3 is 2.71 bits per heavy atom. The predicted octanol–water partition coefficient (Wildman–Crippen LogP) is 3.31. The van der Waals surface area contributed by atoms with E-state index in [1.807, 2.05) is 11.1 Å². The zero-order valence-corrected chi connectivity index (χ0v) is 16.6. The first-order valence-corrected chi connectivity index (χ1v) is 10.4. The fourth-order valence-electron chi connectivity index (χ4n) is 4.08. The van der Waals surface area contributed by atoms with Gasteiger partial charge in [0.15, 0.2) is 0 Å². The summed E-state index contributed by atoms with van der Waals surface area (Å²) in [6.07, 6.45) is 8.04. The third kappa shape index (κ3) is 4.26. The third-order valence-electron chi connectivity index (χ3n) is 5.66. The van der Waals surface area contributed by atoms with E-state index in [-0.39, 0.29) is 6.03 Å². The average molecular weight is 380 g/mol. The number of hydrogen-bond acceptors (Lipinski definition) is 4. The molecular formula is C22H29N5O. The molecule has 0 atom stereocenters. The van der Waals surface area contributed by atoms with Crippen LogP contribution in [-0.2, 0) is 25.8 Å². The van der Waals surface area contributed by atoms with Crippen molar-refractivity contribution < 1.29 is 4.79 Å². The summed E-state index contributed by atoms with van der Waals surface area (Å²) in [7, 11) is 0. The SMILES string of the molecule is CCCCCNC(=O)N1CCc2nc(NC3Cc4ccccc4C3)ncc2C1. The van der Waals surface area contributed by atoms with Crippen LogP contribution in [0.4, 0.5) is 10.7 Å². The molecule has 1 aromatic heterocycles. The maximum Gasteiger partial charge on any atom is 0.317 e. The lowest BCUT2D eigenvalue weighted by Gasteiger charge is -2.28. The van der Waals surface area contributed by atoms with Crippen LogP contribution in [0.25, 0.3) is 0 Å². The molecule has 0 fully saturated rings. The standard InChI is InChI=1S/C22H29N5O/c1-2-3-6-10-23-22(28)27-11-9-20-18(15-27)14-24-21(26-20)25-19-12-16-7-4-5-8-17(16)13-19/h4-5,7-8,14,19H,2-3,6,9-13,15H2,1H3,(H,23,28)(H,24,25,26). The summed E-state index contributed by atoms with van der Waals surface area (Å²) in [5.74, 6) is 0.703. The first-order valence-electron chi connectivity index (χ1n) is 10.4. The minimum Gasteiger partial charge on any atom is -0.351 e. The Labute approximate surface area is 166 Å². The lowest BCUT2D eigenvalue weighted by Crippen LogP contribution is -2.43. The molecule has 2 heterocycles. The number of amides is 2. The van der Waals surface area contributed by atoms with Crippen LogP contribution in [0.1, 0.15) is 48.6 Å². The number of nitrogens with zero attached hydrogens (tertiary/aromatic N) is 3. The number of carbonyl (C=O) groups is 1. The fraction of sp³-hybridized carbons (Fsp3) is 0.500. The van der Waals surface area contributed by atoms with Gasteiger partial charge in [-0.3, -0.25) is 0 Å². The molecule has 1 aliphatic carbocycles. The number of carbonyl (C=O) groups excluding carboxylic acids is 1. The number of anilines is 1. The summed E-state index contributed by atoms with van der Waals surface area (Å²) in [5.41, 5.74) is 4.94. The van der Waals surface area contributed by atoms with Crippen LogP contribution in [0.15, 0.2) is 30.5 Å². The van der Waals surface area contributed by atoms with Crippen LogP contribution in [0, 0.1) is 0 Å². The molecule has 28 heavy (non-hydrogen) atoms. The van der Waals surface area contributed by atoms with Crippen molar-refractivity contribution in [2.45, 2.75) is 58.0 Å². The van der Waals surface area contributed by atoms with Crippen molar-refractivity contribution in [1.82, 2.24) is 20.2 Å². The second-order valence-electron chi connectivity index (χ2n) is 7.79. The van der Waals surface area contributed by atoms with E-state index in [4.69, 9.17) is 4.98 Å². The van der Waals surface area contributed by atoms with E-state index in [0.29, 0.717) is 25.1 Å². The number of hydrogen-bond donors (Lipinski definition) is 2. The quantitative estimate of drug-likeness (QED) is 0.756. The normalized spacial score (nSPS) is 15.8. The molecule has 1 aromatic carbocycles. The van der Waals surface area contributed by atoms with Gasteiger partial charge < -0.3 is 15.5 Å². The number of benzene rings is 1. The lowest BCUT2D eigenvalue weighted by molar-refractivity contribution is 0.191. The van der Waals surface area contributed by atoms with Crippen LogP contribution >= 0.6 is 0 Å². The molecule has 0 saturated carbocycles. The zero-order chi connectivity index (χ0) is 19.3. The molecule has 2 aromatic rings. The maximum absolute atomic E-state index is 12.3. The van der Waals surface area contributed by atoms with Crippen molar-refractivity contribution in [3.63, 3.8) is 0 Å². The van der Waals surface area contributed by atoms with Crippen molar-refractivity contribution in [1.29, 1.82) is 0 Å². The Hall–Kier alpha value is -2.63. The van der Waals surface area contributed by atoms with E-state index < -0.39 is 0 Å². The molecule has 2 amide bonds. The molecule has 2 N–H and O–H groups in total. The number of nitrogens with one attached hydrogen (secondary N) is 2. The minimum atomic E-state index is 0.0210. The Morgan fingerprint density at radius 2 is 1.96 bits per heavy atom. The second-order valence-corrected chi connectivity index (χ2v) is 7.79. The molecule has 2 aliphatic rings. The third-order valence-corrected chi connectivity index (χ3v) is 5.66. The van der Waals surface area contributed by atoms with E-state index in [1.165, 1.54) is 11.1 Å². The topological polar surface area (TPSA) is 70.2 Å². The van der Waals surface area contributed by atoms with E-state index in [9.17, 15) is 4.79 Å². The summed E-state index contributed by atoms with van der Waals surface area (Å²) >= 11 is 0. The first kappa shape index (κ1) is 18.7. The van der Waals surface area contributed by atoms with Crippen molar-refractivity contribution in [3.8, 4) is 0 Å². The molecule has 6 nitrogen and oxygen atoms in total. The fourth-order valence-corrected chi connectivity index (χ4v) is 4.08. The van der Waals surface area contributed by atoms with E-state index in [2.05, 4.69) is 46.8 Å². The highest BCUT2D eigenvalue weighted by molar-refractivity contribution is 5.74. The van der Waals surface area contributed by atoms with Crippen molar-refractivity contribution in [2.24, 2.45) is 0 Å². The van der Waals surface area contributed by atoms with Gasteiger partial charge in [0.2, 0.25) is 5.95 Å². The van der Waals surface area contributed by atoms with E-state index >= 15 is 0 Å². The summed E-state index contributed by atoms with van der Waals surface area (Å²) < 4.78 is 0. The molecule has 0 saturated heterocycles. The van der Waals surface area contributed by atoms with Gasteiger partial charge in [0.25, 0.3) is 0 Å². The average Bonchev–Trinajstić information content (AvgIpc) is 3.13. The van der Waals surface area contributed by atoms with Gasteiger partial charge in [-0.2, -0.15) is 0 Å². The van der Waals surface area contributed by atoms with Crippen molar-refractivity contribution in [3.05, 3.63) is 52.8 Å². The second kappa shape index (κ2) is 8.59. The highest BCUT2D eigenvalue weighted by Crippen LogP contribution is 2.24. The smallest absolute Gasteiger partial charge is 0.317 e. The number of fused-ring (bicyclic) bond motifs is 2. The molecule has 0 bridgehead atoms. The van der Waals surface area contributed by atoms with Gasteiger partial charge in [-0.25, -0.2) is 14.8 Å². The zero-order valence-electron chi connectivity index (χ0n) is 16.6. The van der Waals surface area contributed by atoms with Gasteiger partial charge in [0.05, 0.1) is 12.2 Å². The maximum atomic E-state index is 12.3. The molecule has 6 heteroatoms. The first-order chi connectivity index (χ1) is 13.7. The number of rotatable bonds is 6. The van der Waals surface area contributed by atoms with Crippen LogP contribution in [0.3, 0.4) is 0 Å². The van der Waals surface area contributed by atoms with E-state index in [0.717, 1.165) is 56.3 Å². The van der Waals surface area contributed by atoms with Gasteiger partial charge in [0, 0.05) is 37.3 Å². The lowest BCUT2D eigenvalue weighted by atomic mass is 10.1. The predicted molar refractivity (Wildman–Crippen MR) is 110 cm³/mol. The minimum absolute atomic E-state index is 0.0210. The highest BCUT2D eigenvalue weighted by atomic mass is 16.2. The monoisotopic (exact) mass is 379 g/mol. The summed E-state index contributed by atoms with van der Waals surface area (Å²) in [6, 6.07) is 8.97. The van der Waals surface area contributed by atoms with Gasteiger partial charge >= 0.3 is 6.03 Å². The van der Waals surface area contributed by atoms with Gasteiger partial charge in [0.1, 0.15) is 0 Å². The van der Waals surface area contributed by atoms with Gasteiger partial charge in [-0.05, 0) is 30.4 Å². The van der Waals surface area contributed by atoms with Crippen LogP contribution in [0.2, 0.25) is 0 Å². The molecule has 0 spiro atoms. The van der Waals surface area contributed by atoms with Crippen molar-refractivity contribution in [2.75, 3.05) is 18.4 Å². The molecular weight excluding hydrogens is 350 g/mol. The summed E-state index contributed by atoms with van der Waals surface area (Å²) in [5, 5.41) is 6.52. The Kier molecular flexibility index (Phi) is 5.74. The number of aromatic nitrogens is 2. The van der Waals surface area contributed by atoms with Crippen LogP contribution in [0.5, 0.6) is 0 Å². The Balaban J connectivity index is 1.32. The molecule has 1 aliphatic heterocycles. The van der Waals surface area contributed by atoms with Gasteiger partial charge in [-0.15, -0.1) is 0 Å². The van der Waals surface area contributed by atoms with Gasteiger partial charge in [-0.1, -0.05) is 44.0 Å². The molecule has 0 radical (unpaired) electrons. The molecule has 0 unspecified atom stereocenters. The van der Waals surface area contributed by atoms with E-state index in [1.54, 1.807) is 0 Å². The summed E-state index contributed by atoms with van der Waals surface area (Å²) in [4.78, 5) is 23.5. The van der Waals surface area contributed by atoms with Crippen LogP contribution < -0.4 is 10.6 Å². The largest absolute Gasteiger partial charge is 0.351 e. The molecule has 4 rings (SSSR count). The number of urea groups is 1. The summed E-state index contributed by atoms with van der Waals surface area (Å²) in [6.45, 7) is 4.21. The van der Waals surface area contributed by atoms with Crippen molar-refractivity contribution >= 4 is 12.0 Å².